The number of nitrogens with zero attached hydrogens (tertiary/aromatic N) is 2. The fraction of sp³-hybridized carbons (Fsp3) is 0. The molecule has 0 aromatic carbocycles. The third kappa shape index (κ3) is 2.12. The van der Waals surface area contributed by atoms with Gasteiger partial charge in [-0.1, -0.05) is 6.58 Å². The summed E-state index contributed by atoms with van der Waals surface area (Å²) in [6, 6.07) is 0. The van der Waals surface area contributed by atoms with E-state index in [9.17, 15) is 9.18 Å². The molecule has 12 heavy (non-hydrogen) atoms. The molecule has 4 nitrogen and oxygen atoms in total. The zero-order valence-corrected chi connectivity index (χ0v) is 6.12. The van der Waals surface area contributed by atoms with E-state index in [0.29, 0.717) is 0 Å². The second-order valence-corrected chi connectivity index (χ2v) is 1.92. The molecule has 0 spiro atoms. The van der Waals surface area contributed by atoms with Crippen LogP contribution in [0.1, 0.15) is 0 Å². The Kier molecular flexibility index (Phi) is 2.47. The van der Waals surface area contributed by atoms with E-state index in [1.165, 1.54) is 6.20 Å². The van der Waals surface area contributed by atoms with Crippen molar-refractivity contribution in [3.05, 3.63) is 31.0 Å². The first-order valence-electron chi connectivity index (χ1n) is 3.13. The molecule has 1 N–H and O–H groups in total. The molecule has 0 atom stereocenters. The highest BCUT2D eigenvalue weighted by Gasteiger charge is 1.99. The van der Waals surface area contributed by atoms with E-state index in [1.807, 2.05) is 0 Å². The normalized spacial score (nSPS) is 9.08. The number of amides is 1. The number of aromatic nitrogens is 2. The van der Waals surface area contributed by atoms with Gasteiger partial charge in [-0.25, -0.2) is 0 Å². The lowest BCUT2D eigenvalue weighted by Gasteiger charge is -1.98. The fourth-order valence-corrected chi connectivity index (χ4v) is 0.580. The SMILES string of the molecule is C=CC(=O)Nc1cncc(F)n1. The Balaban J connectivity index is 2.76. The quantitative estimate of drug-likeness (QED) is 0.661. The lowest BCUT2D eigenvalue weighted by atomic mass is 10.5. The van der Waals surface area contributed by atoms with Crippen molar-refractivity contribution in [3.63, 3.8) is 0 Å². The van der Waals surface area contributed by atoms with Crippen molar-refractivity contribution < 1.29 is 9.18 Å². The van der Waals surface area contributed by atoms with Gasteiger partial charge in [-0.05, 0) is 6.08 Å². The number of hydrogen-bond acceptors (Lipinski definition) is 3. The van der Waals surface area contributed by atoms with Gasteiger partial charge >= 0.3 is 0 Å². The first-order valence-corrected chi connectivity index (χ1v) is 3.13. The van der Waals surface area contributed by atoms with Crippen molar-refractivity contribution in [2.24, 2.45) is 0 Å². The summed E-state index contributed by atoms with van der Waals surface area (Å²) >= 11 is 0. The van der Waals surface area contributed by atoms with Crippen molar-refractivity contribution in [1.82, 2.24) is 9.97 Å². The van der Waals surface area contributed by atoms with E-state index in [4.69, 9.17) is 0 Å². The Morgan fingerprint density at radius 2 is 2.42 bits per heavy atom. The van der Waals surface area contributed by atoms with Crippen LogP contribution in [0.15, 0.2) is 25.0 Å². The molecule has 0 bridgehead atoms. The molecule has 0 aliphatic rings. The van der Waals surface area contributed by atoms with E-state index >= 15 is 0 Å². The van der Waals surface area contributed by atoms with Gasteiger partial charge in [0.15, 0.2) is 5.82 Å². The van der Waals surface area contributed by atoms with Crippen LogP contribution >= 0.6 is 0 Å². The lowest BCUT2D eigenvalue weighted by Crippen LogP contribution is -2.09. The number of anilines is 1. The maximum absolute atomic E-state index is 12.4. The van der Waals surface area contributed by atoms with Crippen molar-refractivity contribution >= 4 is 11.7 Å². The second-order valence-electron chi connectivity index (χ2n) is 1.92. The molecule has 62 valence electrons. The molecule has 1 aromatic heterocycles. The van der Waals surface area contributed by atoms with Crippen LogP contribution in [0, 0.1) is 5.95 Å². The second kappa shape index (κ2) is 3.56. The van der Waals surface area contributed by atoms with Crippen LogP contribution < -0.4 is 5.32 Å². The van der Waals surface area contributed by atoms with Crippen LogP contribution in [-0.4, -0.2) is 15.9 Å². The standard InChI is InChI=1S/C7H6FN3O/c1-2-7(12)11-6-4-9-3-5(8)10-6/h2-4H,1H2,(H,10,11,12). The Labute approximate surface area is 68.2 Å². The average molecular weight is 167 g/mol. The van der Waals surface area contributed by atoms with Crippen LogP contribution in [-0.2, 0) is 4.79 Å². The molecule has 0 saturated heterocycles. The number of nitrogens with one attached hydrogen (secondary N) is 1. The van der Waals surface area contributed by atoms with E-state index < -0.39 is 11.9 Å². The summed E-state index contributed by atoms with van der Waals surface area (Å²) in [4.78, 5) is 17.5. The molecule has 0 unspecified atom stereocenters. The number of rotatable bonds is 2. The number of hydrogen-bond donors (Lipinski definition) is 1. The summed E-state index contributed by atoms with van der Waals surface area (Å²) in [5.41, 5.74) is 0. The topological polar surface area (TPSA) is 54.9 Å². The molecule has 5 heteroatoms. The van der Waals surface area contributed by atoms with Gasteiger partial charge in [0, 0.05) is 0 Å². The molecule has 0 fully saturated rings. The Morgan fingerprint density at radius 3 is 3.00 bits per heavy atom. The third-order valence-electron chi connectivity index (χ3n) is 1.04. The molecule has 1 heterocycles. The minimum absolute atomic E-state index is 0.0694. The maximum atomic E-state index is 12.4. The highest BCUT2D eigenvalue weighted by Crippen LogP contribution is 1.99. The van der Waals surface area contributed by atoms with Gasteiger partial charge < -0.3 is 5.32 Å². The van der Waals surface area contributed by atoms with Crippen molar-refractivity contribution in [3.8, 4) is 0 Å². The summed E-state index contributed by atoms with van der Waals surface area (Å²) in [5, 5.41) is 2.26. The highest BCUT2D eigenvalue weighted by molar-refractivity contribution is 5.98. The van der Waals surface area contributed by atoms with Crippen molar-refractivity contribution in [1.29, 1.82) is 0 Å². The summed E-state index contributed by atoms with van der Waals surface area (Å²) in [5.74, 6) is -1.12. The number of carbonyl (C=O) groups excluding carboxylic acids is 1. The van der Waals surface area contributed by atoms with Gasteiger partial charge in [-0.3, -0.25) is 9.78 Å². The maximum Gasteiger partial charge on any atom is 0.248 e. The summed E-state index contributed by atoms with van der Waals surface area (Å²) in [7, 11) is 0. The van der Waals surface area contributed by atoms with Crippen LogP contribution in [0.4, 0.5) is 10.2 Å². The smallest absolute Gasteiger partial charge is 0.248 e. The van der Waals surface area contributed by atoms with Crippen molar-refractivity contribution in [2.45, 2.75) is 0 Å². The molecule has 0 radical (unpaired) electrons. The zero-order valence-electron chi connectivity index (χ0n) is 6.12. The zero-order chi connectivity index (χ0) is 8.97. The fourth-order valence-electron chi connectivity index (χ4n) is 0.580. The lowest BCUT2D eigenvalue weighted by molar-refractivity contribution is -0.111. The van der Waals surface area contributed by atoms with Gasteiger partial charge in [0.2, 0.25) is 11.9 Å². The molecule has 1 rings (SSSR count). The molecule has 0 aliphatic heterocycles. The minimum atomic E-state index is -0.739. The van der Waals surface area contributed by atoms with Crippen LogP contribution in [0.25, 0.3) is 0 Å². The largest absolute Gasteiger partial charge is 0.306 e. The monoisotopic (exact) mass is 167 g/mol. The molecule has 1 aromatic rings. The van der Waals surface area contributed by atoms with E-state index in [2.05, 4.69) is 21.9 Å². The average Bonchev–Trinajstić information content (AvgIpc) is 2.04. The van der Waals surface area contributed by atoms with E-state index in [1.54, 1.807) is 0 Å². The number of halogens is 1. The van der Waals surface area contributed by atoms with Crippen LogP contribution in [0.5, 0.6) is 0 Å². The summed E-state index contributed by atoms with van der Waals surface area (Å²) < 4.78 is 12.4. The first-order chi connectivity index (χ1) is 5.72. The van der Waals surface area contributed by atoms with Gasteiger partial charge in [0.25, 0.3) is 0 Å². The predicted octanol–water partition coefficient (Wildman–Crippen LogP) is 0.740. The van der Waals surface area contributed by atoms with Crippen LogP contribution in [0.2, 0.25) is 0 Å². The third-order valence-corrected chi connectivity index (χ3v) is 1.04. The number of carbonyl (C=O) groups is 1. The molecular formula is C7H6FN3O. The Bertz CT molecular complexity index is 313. The van der Waals surface area contributed by atoms with Gasteiger partial charge in [0.05, 0.1) is 12.4 Å². The Morgan fingerprint density at radius 1 is 1.67 bits per heavy atom. The summed E-state index contributed by atoms with van der Waals surface area (Å²) in [6.45, 7) is 3.23. The van der Waals surface area contributed by atoms with E-state index in [0.717, 1.165) is 12.3 Å². The summed E-state index contributed by atoms with van der Waals surface area (Å²) in [6.07, 6.45) is 3.25. The molecular weight excluding hydrogens is 161 g/mol. The Hall–Kier alpha value is -1.78. The van der Waals surface area contributed by atoms with Gasteiger partial charge in [0.1, 0.15) is 0 Å². The van der Waals surface area contributed by atoms with Gasteiger partial charge in [-0.2, -0.15) is 9.37 Å². The van der Waals surface area contributed by atoms with Crippen molar-refractivity contribution in [2.75, 3.05) is 5.32 Å². The molecule has 1 amide bonds. The molecule has 0 aliphatic carbocycles. The van der Waals surface area contributed by atoms with Crippen LogP contribution in [0.3, 0.4) is 0 Å². The van der Waals surface area contributed by atoms with Gasteiger partial charge in [-0.15, -0.1) is 0 Å². The van der Waals surface area contributed by atoms with E-state index in [-0.39, 0.29) is 5.82 Å². The minimum Gasteiger partial charge on any atom is -0.306 e. The first kappa shape index (κ1) is 8.32. The molecule has 0 saturated carbocycles. The highest BCUT2D eigenvalue weighted by atomic mass is 19.1. The predicted molar refractivity (Wildman–Crippen MR) is 40.8 cm³/mol.